The molecule has 0 saturated heterocycles. The first-order valence-electron chi connectivity index (χ1n) is 8.19. The first-order chi connectivity index (χ1) is 12.5. The Kier molecular flexibility index (Phi) is 5.53. The van der Waals surface area contributed by atoms with Gasteiger partial charge in [0.1, 0.15) is 11.3 Å². The number of carbonyl (C=O) groups is 2. The Morgan fingerprint density at radius 1 is 1.31 bits per heavy atom. The Morgan fingerprint density at radius 2 is 2.12 bits per heavy atom. The number of para-hydroxylation sites is 1. The van der Waals surface area contributed by atoms with Gasteiger partial charge in [-0.3, -0.25) is 4.79 Å². The second-order valence-corrected chi connectivity index (χ2v) is 6.83. The van der Waals surface area contributed by atoms with Gasteiger partial charge in [0.25, 0.3) is 5.91 Å². The Morgan fingerprint density at radius 3 is 2.85 bits per heavy atom. The van der Waals surface area contributed by atoms with Crippen LogP contribution < -0.4 is 5.32 Å². The van der Waals surface area contributed by atoms with Gasteiger partial charge in [-0.05, 0) is 49.1 Å². The van der Waals surface area contributed by atoms with E-state index in [4.69, 9.17) is 9.15 Å². The summed E-state index contributed by atoms with van der Waals surface area (Å²) < 4.78 is 10.7. The minimum atomic E-state index is -0.552. The van der Waals surface area contributed by atoms with Crippen molar-refractivity contribution in [3.63, 3.8) is 0 Å². The number of nitrogens with one attached hydrogen (secondary N) is 1. The Balaban J connectivity index is 1.49. The maximum absolute atomic E-state index is 12.0. The van der Waals surface area contributed by atoms with Crippen molar-refractivity contribution in [1.29, 1.82) is 0 Å². The molecule has 0 spiro atoms. The SMILES string of the molecule is Cc1ccsc1/C=C/C(=O)OCC(=O)N[C@@H](C)c1cc2ccccc2o1. The van der Waals surface area contributed by atoms with Crippen molar-refractivity contribution in [2.45, 2.75) is 19.9 Å². The number of fused-ring (bicyclic) bond motifs is 1. The van der Waals surface area contributed by atoms with E-state index in [1.54, 1.807) is 6.08 Å². The first-order valence-corrected chi connectivity index (χ1v) is 9.07. The van der Waals surface area contributed by atoms with Gasteiger partial charge in [-0.2, -0.15) is 0 Å². The maximum Gasteiger partial charge on any atom is 0.331 e. The summed E-state index contributed by atoms with van der Waals surface area (Å²) in [6.45, 7) is 3.45. The molecule has 1 aromatic carbocycles. The summed E-state index contributed by atoms with van der Waals surface area (Å²) in [6, 6.07) is 11.2. The predicted octanol–water partition coefficient (Wildman–Crippen LogP) is 4.24. The van der Waals surface area contributed by atoms with Crippen LogP contribution in [0, 0.1) is 6.92 Å². The van der Waals surface area contributed by atoms with E-state index in [9.17, 15) is 9.59 Å². The fourth-order valence-corrected chi connectivity index (χ4v) is 3.27. The summed E-state index contributed by atoms with van der Waals surface area (Å²) in [5.41, 5.74) is 1.86. The molecule has 0 unspecified atom stereocenters. The molecule has 1 amide bonds. The molecule has 26 heavy (non-hydrogen) atoms. The lowest BCUT2D eigenvalue weighted by Crippen LogP contribution is -2.30. The van der Waals surface area contributed by atoms with Crippen LogP contribution in [0.25, 0.3) is 17.0 Å². The van der Waals surface area contributed by atoms with Gasteiger partial charge in [-0.1, -0.05) is 18.2 Å². The van der Waals surface area contributed by atoms with Crippen molar-refractivity contribution in [2.75, 3.05) is 6.61 Å². The number of carbonyl (C=O) groups excluding carboxylic acids is 2. The van der Waals surface area contributed by atoms with Gasteiger partial charge in [-0.25, -0.2) is 4.79 Å². The zero-order valence-corrected chi connectivity index (χ0v) is 15.3. The molecule has 0 aliphatic carbocycles. The number of aryl methyl sites for hydroxylation is 1. The average Bonchev–Trinajstić information content (AvgIpc) is 3.24. The number of amides is 1. The number of hydrogen-bond acceptors (Lipinski definition) is 5. The quantitative estimate of drug-likeness (QED) is 0.521. The van der Waals surface area contributed by atoms with Gasteiger partial charge in [0.05, 0.1) is 6.04 Å². The largest absolute Gasteiger partial charge is 0.459 e. The van der Waals surface area contributed by atoms with Crippen LogP contribution >= 0.6 is 11.3 Å². The molecule has 0 radical (unpaired) electrons. The molecule has 0 bridgehead atoms. The van der Waals surface area contributed by atoms with E-state index in [1.165, 1.54) is 17.4 Å². The number of benzene rings is 1. The molecule has 0 aliphatic rings. The Labute approximate surface area is 155 Å². The normalized spacial score (nSPS) is 12.4. The van der Waals surface area contributed by atoms with Gasteiger partial charge in [0.15, 0.2) is 6.61 Å². The molecule has 2 heterocycles. The average molecular weight is 369 g/mol. The predicted molar refractivity (Wildman–Crippen MR) is 102 cm³/mol. The van der Waals surface area contributed by atoms with Gasteiger partial charge in [0.2, 0.25) is 0 Å². The van der Waals surface area contributed by atoms with Crippen LogP contribution in [-0.4, -0.2) is 18.5 Å². The number of hydrogen-bond donors (Lipinski definition) is 1. The van der Waals surface area contributed by atoms with Crippen LogP contribution in [0.1, 0.15) is 29.2 Å². The van der Waals surface area contributed by atoms with Crippen molar-refractivity contribution in [2.24, 2.45) is 0 Å². The van der Waals surface area contributed by atoms with E-state index in [0.717, 1.165) is 21.4 Å². The zero-order valence-electron chi connectivity index (χ0n) is 14.5. The van der Waals surface area contributed by atoms with E-state index >= 15 is 0 Å². The van der Waals surface area contributed by atoms with Crippen LogP contribution in [0.15, 0.2) is 52.3 Å². The summed E-state index contributed by atoms with van der Waals surface area (Å²) in [4.78, 5) is 24.7. The Hall–Kier alpha value is -2.86. The third-order valence-corrected chi connectivity index (χ3v) is 4.85. The molecule has 3 rings (SSSR count). The van der Waals surface area contributed by atoms with Crippen molar-refractivity contribution in [3.05, 3.63) is 64.1 Å². The lowest BCUT2D eigenvalue weighted by molar-refractivity contribution is -0.144. The zero-order chi connectivity index (χ0) is 18.5. The van der Waals surface area contributed by atoms with Crippen molar-refractivity contribution in [3.8, 4) is 0 Å². The molecular formula is C20H19NO4S. The second kappa shape index (κ2) is 8.01. The van der Waals surface area contributed by atoms with E-state index < -0.39 is 5.97 Å². The molecule has 6 heteroatoms. The number of rotatable bonds is 6. The molecule has 0 fully saturated rings. The molecule has 3 aromatic rings. The highest BCUT2D eigenvalue weighted by Crippen LogP contribution is 2.23. The molecule has 1 atom stereocenters. The first kappa shape index (κ1) is 17.9. The van der Waals surface area contributed by atoms with Gasteiger partial charge >= 0.3 is 5.97 Å². The van der Waals surface area contributed by atoms with E-state index in [1.807, 2.05) is 55.6 Å². The highest BCUT2D eigenvalue weighted by atomic mass is 32.1. The molecule has 2 aromatic heterocycles. The standard InChI is InChI=1S/C20H19NO4S/c1-13-9-10-26-18(13)7-8-20(23)24-12-19(22)21-14(2)17-11-15-5-3-4-6-16(15)25-17/h3-11,14H,12H2,1-2H3,(H,21,22)/b8-7+/t14-/m0/s1. The fraction of sp³-hybridized carbons (Fsp3) is 0.200. The molecule has 5 nitrogen and oxygen atoms in total. The topological polar surface area (TPSA) is 68.5 Å². The Bertz CT molecular complexity index is 921. The number of ether oxygens (including phenoxy) is 1. The smallest absolute Gasteiger partial charge is 0.331 e. The van der Waals surface area contributed by atoms with Crippen LogP contribution in [0.2, 0.25) is 0 Å². The maximum atomic E-state index is 12.0. The lowest BCUT2D eigenvalue weighted by atomic mass is 10.2. The summed E-state index contributed by atoms with van der Waals surface area (Å²) in [5, 5.41) is 5.69. The number of furan rings is 1. The summed E-state index contributed by atoms with van der Waals surface area (Å²) in [7, 11) is 0. The van der Waals surface area contributed by atoms with E-state index in [2.05, 4.69) is 5.32 Å². The highest BCUT2D eigenvalue weighted by molar-refractivity contribution is 7.11. The summed E-state index contributed by atoms with van der Waals surface area (Å²) >= 11 is 1.54. The van der Waals surface area contributed by atoms with Crippen LogP contribution in [0.5, 0.6) is 0 Å². The third kappa shape index (κ3) is 4.40. The summed E-state index contributed by atoms with van der Waals surface area (Å²) in [6.07, 6.45) is 3.02. The molecule has 0 saturated carbocycles. The molecular weight excluding hydrogens is 350 g/mol. The minimum Gasteiger partial charge on any atom is -0.459 e. The van der Waals surface area contributed by atoms with E-state index in [-0.39, 0.29) is 18.6 Å². The highest BCUT2D eigenvalue weighted by Gasteiger charge is 2.15. The van der Waals surface area contributed by atoms with Gasteiger partial charge in [0, 0.05) is 16.3 Å². The van der Waals surface area contributed by atoms with Crippen molar-refractivity contribution < 1.29 is 18.7 Å². The fourth-order valence-electron chi connectivity index (χ4n) is 2.45. The minimum absolute atomic E-state index is 0.321. The lowest BCUT2D eigenvalue weighted by Gasteiger charge is -2.11. The monoisotopic (exact) mass is 369 g/mol. The van der Waals surface area contributed by atoms with Crippen LogP contribution in [0.4, 0.5) is 0 Å². The summed E-state index contributed by atoms with van der Waals surface area (Å²) in [5.74, 6) is -0.282. The number of thiophene rings is 1. The van der Waals surface area contributed by atoms with Crippen molar-refractivity contribution in [1.82, 2.24) is 5.32 Å². The molecule has 1 N–H and O–H groups in total. The second-order valence-electron chi connectivity index (χ2n) is 5.88. The van der Waals surface area contributed by atoms with Crippen LogP contribution in [0.3, 0.4) is 0 Å². The third-order valence-electron chi connectivity index (χ3n) is 3.87. The van der Waals surface area contributed by atoms with Gasteiger partial charge in [-0.15, -0.1) is 11.3 Å². The molecule has 134 valence electrons. The van der Waals surface area contributed by atoms with Crippen molar-refractivity contribution >= 4 is 40.3 Å². The van der Waals surface area contributed by atoms with Gasteiger partial charge < -0.3 is 14.5 Å². The van der Waals surface area contributed by atoms with E-state index in [0.29, 0.717) is 5.76 Å². The van der Waals surface area contributed by atoms with Crippen LogP contribution in [-0.2, 0) is 14.3 Å². The number of esters is 1. The molecule has 0 aliphatic heterocycles.